The molecule has 7 nitrogen and oxygen atoms in total. The van der Waals surface area contributed by atoms with Crippen LogP contribution in [0.15, 0.2) is 0 Å². The van der Waals surface area contributed by atoms with E-state index < -0.39 is 10.4 Å². The number of likely N-dealkylation sites (N-methyl/N-ethyl adjacent to an activating group) is 1. The van der Waals surface area contributed by atoms with Gasteiger partial charge in [-0.15, -0.1) is 0 Å². The highest BCUT2D eigenvalue weighted by atomic mass is 32.3. The van der Waals surface area contributed by atoms with Crippen LogP contribution in [0.4, 0.5) is 0 Å². The second-order valence-corrected chi connectivity index (χ2v) is 9.67. The number of morpholine rings is 1. The molecule has 1 fully saturated rings. The summed E-state index contributed by atoms with van der Waals surface area (Å²) in [6, 6.07) is 0.695. The van der Waals surface area contributed by atoms with Crippen LogP contribution >= 0.6 is 0 Å². The van der Waals surface area contributed by atoms with Crippen molar-refractivity contribution >= 4 is 10.4 Å². The van der Waals surface area contributed by atoms with E-state index in [4.69, 9.17) is 9.29 Å². The van der Waals surface area contributed by atoms with Crippen LogP contribution in [-0.4, -0.2) is 56.8 Å². The molecule has 1 rings (SSSR count). The molecule has 0 spiro atoms. The molecule has 1 atom stereocenters. The Kier molecular flexibility index (Phi) is 25.3. The van der Waals surface area contributed by atoms with Crippen LogP contribution in [0.2, 0.25) is 0 Å². The van der Waals surface area contributed by atoms with Crippen molar-refractivity contribution in [2.24, 2.45) is 0 Å². The fraction of sp³-hybridized carbons (Fsp3) is 1.00. The molecule has 8 heteroatoms. The molecule has 1 saturated heterocycles. The quantitative estimate of drug-likeness (QED) is 0.168. The van der Waals surface area contributed by atoms with E-state index in [1.165, 1.54) is 110 Å². The number of nitrogens with zero attached hydrogens (tertiary/aromatic N) is 1. The van der Waals surface area contributed by atoms with Crippen LogP contribution in [0, 0.1) is 0 Å². The summed E-state index contributed by atoms with van der Waals surface area (Å²) in [6.07, 6.45) is 21.6. The van der Waals surface area contributed by atoms with Gasteiger partial charge in [0.2, 0.25) is 0 Å². The van der Waals surface area contributed by atoms with Crippen LogP contribution in [0.3, 0.4) is 0 Å². The molecule has 0 aromatic heterocycles. The standard InChI is InChI=1S/C22H45NO.C2H6O4S.H3N/c1-3-5-6-7-8-9-10-11-12-13-14-15-16-17-18-22-21-24-20-19-23(22)4-2;1-2-6-7(3,4)5;/h22H,3-21H2,1-2H3;2H2,1H3,(H,3,4,5);1H3. The fourth-order valence-electron chi connectivity index (χ4n) is 4.09. The summed E-state index contributed by atoms with van der Waals surface area (Å²) < 4.78 is 36.3. The zero-order valence-corrected chi connectivity index (χ0v) is 22.2. The third-order valence-electron chi connectivity index (χ3n) is 5.91. The first-order valence-corrected chi connectivity index (χ1v) is 14.2. The predicted molar refractivity (Wildman–Crippen MR) is 135 cm³/mol. The largest absolute Gasteiger partial charge is 0.397 e. The van der Waals surface area contributed by atoms with Gasteiger partial charge in [-0.2, -0.15) is 8.42 Å². The topological polar surface area (TPSA) is 111 Å². The maximum absolute atomic E-state index is 9.56. The van der Waals surface area contributed by atoms with E-state index in [-0.39, 0.29) is 12.8 Å². The Balaban J connectivity index is 0. The van der Waals surface area contributed by atoms with Gasteiger partial charge in [0, 0.05) is 12.6 Å². The van der Waals surface area contributed by atoms with E-state index in [0.29, 0.717) is 6.04 Å². The lowest BCUT2D eigenvalue weighted by Crippen LogP contribution is -2.45. The van der Waals surface area contributed by atoms with Crippen molar-refractivity contribution in [2.75, 3.05) is 32.9 Å². The molecule has 0 aliphatic carbocycles. The number of hydrogen-bond donors (Lipinski definition) is 2. The molecule has 0 radical (unpaired) electrons. The van der Waals surface area contributed by atoms with Crippen LogP contribution < -0.4 is 6.15 Å². The molecule has 1 aliphatic rings. The first-order chi connectivity index (χ1) is 14.9. The van der Waals surface area contributed by atoms with Crippen LogP contribution in [0.1, 0.15) is 117 Å². The summed E-state index contributed by atoms with van der Waals surface area (Å²) in [5.74, 6) is 0. The van der Waals surface area contributed by atoms with Crippen molar-refractivity contribution in [3.8, 4) is 0 Å². The summed E-state index contributed by atoms with van der Waals surface area (Å²) in [7, 11) is -4.17. The van der Waals surface area contributed by atoms with Gasteiger partial charge in [-0.25, -0.2) is 4.18 Å². The Hall–Kier alpha value is -0.250. The monoisotopic (exact) mass is 482 g/mol. The third-order valence-corrected chi connectivity index (χ3v) is 6.45. The molecular formula is C24H54N2O5S. The molecule has 32 heavy (non-hydrogen) atoms. The molecular weight excluding hydrogens is 428 g/mol. The number of unbranched alkanes of at least 4 members (excludes halogenated alkanes) is 13. The van der Waals surface area contributed by atoms with Gasteiger partial charge in [-0.1, -0.05) is 104 Å². The van der Waals surface area contributed by atoms with Crippen LogP contribution in [0.5, 0.6) is 0 Å². The number of hydrogen-bond acceptors (Lipinski definition) is 6. The van der Waals surface area contributed by atoms with Crippen LogP contribution in [-0.2, 0) is 19.3 Å². The van der Waals surface area contributed by atoms with Gasteiger partial charge in [0.05, 0.1) is 19.8 Å². The van der Waals surface area contributed by atoms with Crippen molar-refractivity contribution in [3.05, 3.63) is 0 Å². The maximum atomic E-state index is 9.56. The van der Waals surface area contributed by atoms with E-state index in [1.807, 2.05) is 0 Å². The van der Waals surface area contributed by atoms with Crippen molar-refractivity contribution in [3.63, 3.8) is 0 Å². The van der Waals surface area contributed by atoms with E-state index in [9.17, 15) is 8.42 Å². The smallest absolute Gasteiger partial charge is 0.378 e. The van der Waals surface area contributed by atoms with E-state index >= 15 is 0 Å². The first kappa shape index (κ1) is 33.9. The normalized spacial score (nSPS) is 16.8. The molecule has 1 heterocycles. The first-order valence-electron chi connectivity index (χ1n) is 12.9. The number of rotatable bonds is 18. The summed E-state index contributed by atoms with van der Waals surface area (Å²) >= 11 is 0. The van der Waals surface area contributed by atoms with Crippen LogP contribution in [0.25, 0.3) is 0 Å². The average Bonchev–Trinajstić information content (AvgIpc) is 2.74. The van der Waals surface area contributed by atoms with Gasteiger partial charge in [-0.3, -0.25) is 9.45 Å². The van der Waals surface area contributed by atoms with Gasteiger partial charge < -0.3 is 10.9 Å². The van der Waals surface area contributed by atoms with Gasteiger partial charge in [-0.05, 0) is 19.9 Å². The maximum Gasteiger partial charge on any atom is 0.397 e. The van der Waals surface area contributed by atoms with Gasteiger partial charge in [0.1, 0.15) is 0 Å². The highest BCUT2D eigenvalue weighted by molar-refractivity contribution is 7.80. The minimum absolute atomic E-state index is 0. The Labute approximate surface area is 199 Å². The molecule has 0 saturated carbocycles. The molecule has 1 aliphatic heterocycles. The highest BCUT2D eigenvalue weighted by Crippen LogP contribution is 2.16. The molecule has 196 valence electrons. The van der Waals surface area contributed by atoms with Crippen molar-refractivity contribution in [1.82, 2.24) is 11.1 Å². The number of ether oxygens (including phenoxy) is 1. The lowest BCUT2D eigenvalue weighted by Gasteiger charge is -2.34. The predicted octanol–water partition coefficient (Wildman–Crippen LogP) is 6.57. The van der Waals surface area contributed by atoms with Crippen molar-refractivity contribution in [2.45, 2.75) is 123 Å². The summed E-state index contributed by atoms with van der Waals surface area (Å²) in [6.45, 7) is 10.2. The second kappa shape index (κ2) is 23.9. The summed E-state index contributed by atoms with van der Waals surface area (Å²) in [5, 5.41) is 0. The molecule has 0 aromatic carbocycles. The van der Waals surface area contributed by atoms with E-state index in [0.717, 1.165) is 19.8 Å². The summed E-state index contributed by atoms with van der Waals surface area (Å²) in [5.41, 5.74) is 0. The molecule has 0 aromatic rings. The average molecular weight is 483 g/mol. The second-order valence-electron chi connectivity index (χ2n) is 8.58. The third kappa shape index (κ3) is 22.9. The molecule has 4 N–H and O–H groups in total. The Morgan fingerprint density at radius 1 is 0.844 bits per heavy atom. The molecule has 0 amide bonds. The Morgan fingerprint density at radius 3 is 1.69 bits per heavy atom. The fourth-order valence-corrected chi connectivity index (χ4v) is 4.39. The van der Waals surface area contributed by atoms with E-state index in [1.54, 1.807) is 0 Å². The molecule has 1 unspecified atom stereocenters. The lowest BCUT2D eigenvalue weighted by atomic mass is 10.0. The Bertz CT molecular complexity index is 477. The summed E-state index contributed by atoms with van der Waals surface area (Å²) in [4.78, 5) is 2.60. The Morgan fingerprint density at radius 2 is 1.31 bits per heavy atom. The zero-order valence-electron chi connectivity index (χ0n) is 21.4. The molecule has 0 bridgehead atoms. The van der Waals surface area contributed by atoms with Crippen molar-refractivity contribution in [1.29, 1.82) is 0 Å². The zero-order chi connectivity index (χ0) is 23.2. The van der Waals surface area contributed by atoms with Gasteiger partial charge in [0.15, 0.2) is 0 Å². The highest BCUT2D eigenvalue weighted by Gasteiger charge is 2.20. The van der Waals surface area contributed by atoms with Gasteiger partial charge in [0.25, 0.3) is 0 Å². The van der Waals surface area contributed by atoms with E-state index in [2.05, 4.69) is 22.9 Å². The van der Waals surface area contributed by atoms with Gasteiger partial charge >= 0.3 is 10.4 Å². The minimum Gasteiger partial charge on any atom is -0.378 e. The SMILES string of the molecule is CCCCCCCCCCCCCCCCC1COCCN1CC.CCOS(=O)(=O)O.N. The minimum atomic E-state index is -4.17. The van der Waals surface area contributed by atoms with Crippen molar-refractivity contribution < 1.29 is 21.9 Å². The lowest BCUT2D eigenvalue weighted by molar-refractivity contribution is -0.00848.